The average molecular weight is 514 g/mol. The first-order valence-corrected chi connectivity index (χ1v) is 11.6. The van der Waals surface area contributed by atoms with E-state index in [4.69, 9.17) is 9.15 Å². The number of anilines is 1. The van der Waals surface area contributed by atoms with Crippen LogP contribution in [0.3, 0.4) is 0 Å². The molecule has 194 valence electrons. The standard InChI is InChI=1S/C27H26F3N3O4/c1-16(13-21-10-5-17(2)37-21)24(34)31-20-8-6-19(7-9-20)26(11-4-12-26)33-25(35)18-14-22(27(28,29)30)32-23(15-18)36-3/h5-10,13-15H,4,11-12H2,1-3H3,(H,31,34)(H,33,35)/b16-13+. The highest BCUT2D eigenvalue weighted by molar-refractivity contribution is 6.06. The van der Waals surface area contributed by atoms with Crippen molar-refractivity contribution >= 4 is 23.6 Å². The Kier molecular flexibility index (Phi) is 7.11. The van der Waals surface area contributed by atoms with Crippen molar-refractivity contribution in [3.05, 3.63) is 82.4 Å². The molecule has 0 atom stereocenters. The zero-order valence-electron chi connectivity index (χ0n) is 20.5. The van der Waals surface area contributed by atoms with E-state index in [1.54, 1.807) is 43.3 Å². The van der Waals surface area contributed by atoms with E-state index < -0.39 is 23.3 Å². The number of carbonyl (C=O) groups excluding carboxylic acids is 2. The zero-order valence-corrected chi connectivity index (χ0v) is 20.5. The highest BCUT2D eigenvalue weighted by atomic mass is 19.4. The molecule has 1 aliphatic rings. The van der Waals surface area contributed by atoms with E-state index in [2.05, 4.69) is 15.6 Å². The summed E-state index contributed by atoms with van der Waals surface area (Å²) in [5.74, 6) is 0.0836. The first kappa shape index (κ1) is 26.0. The van der Waals surface area contributed by atoms with Crippen LogP contribution in [-0.2, 0) is 16.5 Å². The Hall–Kier alpha value is -4.08. The van der Waals surface area contributed by atoms with Gasteiger partial charge < -0.3 is 19.8 Å². The number of furan rings is 1. The predicted molar refractivity (Wildman–Crippen MR) is 131 cm³/mol. The van der Waals surface area contributed by atoms with Gasteiger partial charge in [-0.05, 0) is 75.1 Å². The van der Waals surface area contributed by atoms with Crippen molar-refractivity contribution in [2.45, 2.75) is 44.8 Å². The lowest BCUT2D eigenvalue weighted by atomic mass is 9.71. The van der Waals surface area contributed by atoms with Gasteiger partial charge in [-0.25, -0.2) is 4.98 Å². The number of halogens is 3. The second-order valence-electron chi connectivity index (χ2n) is 8.98. The normalized spacial score (nSPS) is 15.0. The fourth-order valence-electron chi connectivity index (χ4n) is 4.10. The second kappa shape index (κ2) is 10.1. The largest absolute Gasteiger partial charge is 0.481 e. The number of nitrogens with zero attached hydrogens (tertiary/aromatic N) is 1. The monoisotopic (exact) mass is 513 g/mol. The van der Waals surface area contributed by atoms with E-state index in [-0.39, 0.29) is 17.4 Å². The Labute approximate surface area is 211 Å². The highest BCUT2D eigenvalue weighted by Gasteiger charge is 2.41. The highest BCUT2D eigenvalue weighted by Crippen LogP contribution is 2.42. The zero-order chi connectivity index (χ0) is 26.8. The van der Waals surface area contributed by atoms with Crippen molar-refractivity contribution in [1.29, 1.82) is 0 Å². The van der Waals surface area contributed by atoms with Gasteiger partial charge in [0.25, 0.3) is 11.8 Å². The van der Waals surface area contributed by atoms with Crippen LogP contribution in [0.4, 0.5) is 18.9 Å². The van der Waals surface area contributed by atoms with Crippen molar-refractivity contribution in [1.82, 2.24) is 10.3 Å². The number of pyridine rings is 1. The van der Waals surface area contributed by atoms with Crippen LogP contribution in [0, 0.1) is 6.92 Å². The summed E-state index contributed by atoms with van der Waals surface area (Å²) in [4.78, 5) is 28.9. The van der Waals surface area contributed by atoms with Gasteiger partial charge in [0.15, 0.2) is 0 Å². The van der Waals surface area contributed by atoms with Gasteiger partial charge in [0.1, 0.15) is 17.2 Å². The Morgan fingerprint density at radius 2 is 1.81 bits per heavy atom. The number of aromatic nitrogens is 1. The van der Waals surface area contributed by atoms with Gasteiger partial charge in [-0.1, -0.05) is 12.1 Å². The molecule has 4 rings (SSSR count). The van der Waals surface area contributed by atoms with Gasteiger partial charge in [0.05, 0.1) is 12.6 Å². The third kappa shape index (κ3) is 5.84. The van der Waals surface area contributed by atoms with Crippen LogP contribution in [0.5, 0.6) is 5.88 Å². The first-order chi connectivity index (χ1) is 17.5. The fourth-order valence-corrected chi connectivity index (χ4v) is 4.10. The third-order valence-electron chi connectivity index (χ3n) is 6.30. The number of aryl methyl sites for hydroxylation is 1. The minimum absolute atomic E-state index is 0.191. The summed E-state index contributed by atoms with van der Waals surface area (Å²) in [7, 11) is 1.19. The van der Waals surface area contributed by atoms with Crippen molar-refractivity contribution in [3.63, 3.8) is 0 Å². The molecule has 0 unspecified atom stereocenters. The molecule has 0 aliphatic heterocycles. The molecule has 10 heteroatoms. The van der Waals surface area contributed by atoms with Gasteiger partial charge in [0, 0.05) is 22.9 Å². The van der Waals surface area contributed by atoms with Gasteiger partial charge in [-0.3, -0.25) is 9.59 Å². The summed E-state index contributed by atoms with van der Waals surface area (Å²) >= 11 is 0. The van der Waals surface area contributed by atoms with E-state index >= 15 is 0 Å². The molecule has 2 amide bonds. The Balaban J connectivity index is 1.48. The lowest BCUT2D eigenvalue weighted by Crippen LogP contribution is -2.50. The smallest absolute Gasteiger partial charge is 0.433 e. The number of hydrogen-bond donors (Lipinski definition) is 2. The van der Waals surface area contributed by atoms with Gasteiger partial charge in [-0.2, -0.15) is 13.2 Å². The Morgan fingerprint density at radius 1 is 1.11 bits per heavy atom. The van der Waals surface area contributed by atoms with Crippen LogP contribution in [0.25, 0.3) is 6.08 Å². The SMILES string of the molecule is COc1cc(C(=O)NC2(c3ccc(NC(=O)/C(C)=C/c4ccc(C)o4)cc3)CCC2)cc(C(F)(F)F)n1. The molecule has 0 bridgehead atoms. The number of carbonyl (C=O) groups is 2. The van der Waals surface area contributed by atoms with Gasteiger partial charge in [0.2, 0.25) is 5.88 Å². The Bertz CT molecular complexity index is 1340. The molecule has 2 heterocycles. The van der Waals surface area contributed by atoms with Crippen molar-refractivity contribution in [2.24, 2.45) is 0 Å². The topological polar surface area (TPSA) is 93.5 Å². The van der Waals surface area contributed by atoms with Crippen LogP contribution >= 0.6 is 0 Å². The molecule has 0 spiro atoms. The molecule has 1 aliphatic carbocycles. The average Bonchev–Trinajstić information content (AvgIpc) is 3.25. The number of nitrogens with one attached hydrogen (secondary N) is 2. The number of benzene rings is 1. The van der Waals surface area contributed by atoms with Crippen LogP contribution in [-0.4, -0.2) is 23.9 Å². The second-order valence-corrected chi connectivity index (χ2v) is 8.98. The number of methoxy groups -OCH3 is 1. The third-order valence-corrected chi connectivity index (χ3v) is 6.30. The number of rotatable bonds is 7. The predicted octanol–water partition coefficient (Wildman–Crippen LogP) is 5.86. The molecule has 1 saturated carbocycles. The number of alkyl halides is 3. The molecular formula is C27H26F3N3O4. The molecule has 1 aromatic carbocycles. The molecule has 0 saturated heterocycles. The number of hydrogen-bond acceptors (Lipinski definition) is 5. The number of ether oxygens (including phenoxy) is 1. The summed E-state index contributed by atoms with van der Waals surface area (Å²) in [6, 6.07) is 12.5. The summed E-state index contributed by atoms with van der Waals surface area (Å²) in [5, 5.41) is 5.72. The van der Waals surface area contributed by atoms with Crippen molar-refractivity contribution in [2.75, 3.05) is 12.4 Å². The van der Waals surface area contributed by atoms with E-state index in [1.807, 2.05) is 13.0 Å². The summed E-state index contributed by atoms with van der Waals surface area (Å²) < 4.78 is 50.0. The minimum Gasteiger partial charge on any atom is -0.481 e. The van der Waals surface area contributed by atoms with E-state index in [0.29, 0.717) is 35.9 Å². The van der Waals surface area contributed by atoms with Crippen LogP contribution < -0.4 is 15.4 Å². The van der Waals surface area contributed by atoms with Crippen molar-refractivity contribution < 1.29 is 31.9 Å². The van der Waals surface area contributed by atoms with Crippen LogP contribution in [0.1, 0.15) is 59.3 Å². The minimum atomic E-state index is -4.72. The number of amides is 2. The van der Waals surface area contributed by atoms with E-state index in [0.717, 1.165) is 17.7 Å². The quantitative estimate of drug-likeness (QED) is 0.386. The van der Waals surface area contributed by atoms with E-state index in [1.165, 1.54) is 13.2 Å². The molecule has 2 N–H and O–H groups in total. The molecule has 0 radical (unpaired) electrons. The Morgan fingerprint density at radius 3 is 2.35 bits per heavy atom. The maximum atomic E-state index is 13.2. The molecular weight excluding hydrogens is 487 g/mol. The maximum absolute atomic E-state index is 13.2. The lowest BCUT2D eigenvalue weighted by Gasteiger charge is -2.43. The molecule has 2 aromatic heterocycles. The van der Waals surface area contributed by atoms with Crippen molar-refractivity contribution in [3.8, 4) is 5.88 Å². The summed E-state index contributed by atoms with van der Waals surface area (Å²) in [6.45, 7) is 3.50. The molecule has 37 heavy (non-hydrogen) atoms. The van der Waals surface area contributed by atoms with Crippen LogP contribution in [0.15, 0.2) is 58.5 Å². The summed E-state index contributed by atoms with van der Waals surface area (Å²) in [6.07, 6.45) is -0.967. The first-order valence-electron chi connectivity index (χ1n) is 11.6. The van der Waals surface area contributed by atoms with Crippen LogP contribution in [0.2, 0.25) is 0 Å². The van der Waals surface area contributed by atoms with E-state index in [9.17, 15) is 22.8 Å². The molecule has 3 aromatic rings. The molecule has 7 nitrogen and oxygen atoms in total. The fraction of sp³-hybridized carbons (Fsp3) is 0.296. The van der Waals surface area contributed by atoms with Gasteiger partial charge in [-0.15, -0.1) is 0 Å². The maximum Gasteiger partial charge on any atom is 0.433 e. The van der Waals surface area contributed by atoms with Gasteiger partial charge >= 0.3 is 6.18 Å². The summed E-state index contributed by atoms with van der Waals surface area (Å²) in [5.41, 5.74) is -0.296. The lowest BCUT2D eigenvalue weighted by molar-refractivity contribution is -0.141. The molecule has 1 fully saturated rings.